The molecule has 18 heteroatoms. The third-order valence-corrected chi connectivity index (χ3v) is 12.5. The first-order valence-corrected chi connectivity index (χ1v) is 26.0. The van der Waals surface area contributed by atoms with Crippen LogP contribution in [0.2, 0.25) is 0 Å². The molecule has 3 aromatic carbocycles. The summed E-state index contributed by atoms with van der Waals surface area (Å²) in [4.78, 5) is 46.3. The summed E-state index contributed by atoms with van der Waals surface area (Å²) < 4.78 is 52.7. The lowest BCUT2D eigenvalue weighted by atomic mass is 10.0. The summed E-state index contributed by atoms with van der Waals surface area (Å²) in [6.07, 6.45) is 7.99. The van der Waals surface area contributed by atoms with Crippen LogP contribution in [-0.4, -0.2) is 110 Å². The predicted molar refractivity (Wildman–Crippen MR) is 291 cm³/mol. The number of hydrogen-bond donors (Lipinski definition) is 6. The van der Waals surface area contributed by atoms with E-state index in [1.807, 2.05) is 42.3 Å². The van der Waals surface area contributed by atoms with Crippen LogP contribution < -0.4 is 41.4 Å². The highest BCUT2D eigenvalue weighted by Gasteiger charge is 2.30. The molecule has 75 heavy (non-hydrogen) atoms. The minimum atomic E-state index is -4.44. The average molecular weight is 1040 g/mol. The molecule has 2 aliphatic heterocycles. The molecule has 0 aliphatic carbocycles. The number of fused-ring (bicyclic) bond motifs is 2. The fourth-order valence-electron chi connectivity index (χ4n) is 8.56. The van der Waals surface area contributed by atoms with E-state index in [1.54, 1.807) is 48.7 Å². The number of nitrogens with one attached hydrogen (secondary N) is 4. The summed E-state index contributed by atoms with van der Waals surface area (Å²) in [5.74, 6) is 6.33. The van der Waals surface area contributed by atoms with E-state index in [0.29, 0.717) is 65.3 Å². The summed E-state index contributed by atoms with van der Waals surface area (Å²) in [7, 11) is 5.52. The molecule has 0 saturated carbocycles. The molecule has 2 aliphatic rings. The molecule has 1 atom stereocenters. The van der Waals surface area contributed by atoms with E-state index in [0.717, 1.165) is 59.2 Å². The van der Waals surface area contributed by atoms with Gasteiger partial charge in [-0.2, -0.15) is 13.2 Å². The predicted octanol–water partition coefficient (Wildman–Crippen LogP) is 8.61. The Hall–Kier alpha value is -6.97. The number of rotatable bonds is 19. The molecular formula is C57H76F3N9O6. The Morgan fingerprint density at radius 3 is 2.40 bits per heavy atom. The van der Waals surface area contributed by atoms with Crippen LogP contribution in [0.15, 0.2) is 79.0 Å². The number of unbranched alkanes of at least 4 members (excludes halogenated alkanes) is 4. The Balaban J connectivity index is 0.000000939. The molecule has 7 rings (SSSR count). The number of carbonyl (C=O) groups is 3. The number of likely N-dealkylation sites (tertiary alicyclic amines) is 1. The number of aliphatic hydroxyl groups excluding tert-OH is 1. The molecule has 406 valence electrons. The highest BCUT2D eigenvalue weighted by Crippen LogP contribution is 2.30. The lowest BCUT2D eigenvalue weighted by Gasteiger charge is -2.28. The number of ether oxygens (including phenoxy) is 2. The molecular weight excluding hydrogens is 964 g/mol. The third kappa shape index (κ3) is 19.7. The molecule has 2 aromatic heterocycles. The molecule has 3 amide bonds. The molecule has 1 fully saturated rings. The van der Waals surface area contributed by atoms with Crippen molar-refractivity contribution in [2.45, 2.75) is 116 Å². The number of piperidine rings is 1. The van der Waals surface area contributed by atoms with Crippen LogP contribution >= 0.6 is 0 Å². The zero-order valence-electron chi connectivity index (χ0n) is 44.2. The van der Waals surface area contributed by atoms with Gasteiger partial charge in [0.15, 0.2) is 0 Å². The number of methoxy groups -OCH3 is 1. The third-order valence-electron chi connectivity index (χ3n) is 12.5. The van der Waals surface area contributed by atoms with Crippen LogP contribution in [0.4, 0.5) is 30.2 Å². The number of anilines is 3. The second kappa shape index (κ2) is 30.4. The standard InChI is InChI=1S/C48H55F3N8O6.C6H13N.C3H8/c1-58-28-46(62)57-36(29-60)22-33-15-18-38(25-43(33)58)65-30-35-17-14-32(26-55-35)27-56-45(61)13-6-4-3-5-7-20-54-47(63)34-16-19-41(44(23-34)64-2)53-21-9-10-37-24-39-40(52)11-8-12-42(39)59(37)31-48(49,50)51;1-7-5-3-2-4-6-7;1-3-2/h8,11-12,14-19,23-26,36,53,60H,3-7,13,20-22,27-31,52H2,1-2H3,(H,54,63)(H,56,61)(H,57,62);2-6H2,1H3;3H2,1-2H3. The molecule has 1 saturated heterocycles. The number of carbonyl (C=O) groups excluding carboxylic acids is 3. The van der Waals surface area contributed by atoms with Crippen molar-refractivity contribution in [1.29, 1.82) is 0 Å². The van der Waals surface area contributed by atoms with Crippen LogP contribution in [0.25, 0.3) is 10.9 Å². The van der Waals surface area contributed by atoms with Gasteiger partial charge in [-0.15, -0.1) is 0 Å². The van der Waals surface area contributed by atoms with Crippen molar-refractivity contribution < 1.29 is 42.1 Å². The topological polar surface area (TPSA) is 188 Å². The minimum absolute atomic E-state index is 0.0313. The Kier molecular flexibility index (Phi) is 23.9. The first-order chi connectivity index (χ1) is 36.1. The summed E-state index contributed by atoms with van der Waals surface area (Å²) >= 11 is 0. The van der Waals surface area contributed by atoms with Gasteiger partial charge in [0, 0.05) is 61.1 Å². The number of alkyl halides is 3. The SMILES string of the molecule is CCC.CN1CCCCC1.COc1cc(C(=O)NCCCCCCCC(=O)NCc2ccc(COc3ccc4c(c3)N(C)CC(=O)NC(CO)C4)nc2)ccc1NCC#Cc1cc2c(N)cccc2n1CC(F)(F)F. The van der Waals surface area contributed by atoms with Gasteiger partial charge in [-0.05, 0) is 118 Å². The number of nitrogens with two attached hydrogens (primary N) is 1. The van der Waals surface area contributed by atoms with Crippen molar-refractivity contribution >= 4 is 45.7 Å². The smallest absolute Gasteiger partial charge is 0.406 e. The number of amides is 3. The van der Waals surface area contributed by atoms with Gasteiger partial charge in [-0.1, -0.05) is 70.1 Å². The largest absolute Gasteiger partial charge is 0.495 e. The van der Waals surface area contributed by atoms with Gasteiger partial charge in [0.25, 0.3) is 5.91 Å². The fourth-order valence-corrected chi connectivity index (χ4v) is 8.56. The van der Waals surface area contributed by atoms with Crippen molar-refractivity contribution in [1.82, 2.24) is 30.4 Å². The maximum Gasteiger partial charge on any atom is 0.406 e. The maximum absolute atomic E-state index is 13.4. The van der Waals surface area contributed by atoms with Crippen molar-refractivity contribution in [3.05, 3.63) is 107 Å². The molecule has 15 nitrogen and oxygen atoms in total. The number of aliphatic hydroxyl groups is 1. The van der Waals surface area contributed by atoms with E-state index in [2.05, 4.69) is 63.9 Å². The van der Waals surface area contributed by atoms with E-state index in [1.165, 1.54) is 45.9 Å². The molecule has 4 heterocycles. The maximum atomic E-state index is 13.4. The van der Waals surface area contributed by atoms with E-state index in [-0.39, 0.29) is 55.8 Å². The van der Waals surface area contributed by atoms with Gasteiger partial charge in [0.05, 0.1) is 55.4 Å². The lowest BCUT2D eigenvalue weighted by Crippen LogP contribution is -2.46. The Morgan fingerprint density at radius 1 is 0.947 bits per heavy atom. The van der Waals surface area contributed by atoms with Crippen molar-refractivity contribution in [2.75, 3.05) is 76.5 Å². The molecule has 0 spiro atoms. The normalized spacial score (nSPS) is 14.5. The van der Waals surface area contributed by atoms with Gasteiger partial charge in [0.1, 0.15) is 24.7 Å². The van der Waals surface area contributed by atoms with Crippen LogP contribution in [0.3, 0.4) is 0 Å². The van der Waals surface area contributed by atoms with E-state index >= 15 is 0 Å². The first-order valence-electron chi connectivity index (χ1n) is 26.0. The summed E-state index contributed by atoms with van der Waals surface area (Å²) in [6, 6.07) is 20.5. The van der Waals surface area contributed by atoms with Gasteiger partial charge < -0.3 is 55.9 Å². The summed E-state index contributed by atoms with van der Waals surface area (Å²) in [6.45, 7) is 6.95. The van der Waals surface area contributed by atoms with Crippen LogP contribution in [0.1, 0.15) is 111 Å². The number of likely N-dealkylation sites (N-methyl/N-ethyl adjacent to an activating group) is 1. The second-order valence-corrected chi connectivity index (χ2v) is 18.9. The summed E-state index contributed by atoms with van der Waals surface area (Å²) in [5, 5.41) is 22.0. The Morgan fingerprint density at radius 2 is 1.71 bits per heavy atom. The summed E-state index contributed by atoms with van der Waals surface area (Å²) in [5.41, 5.74) is 11.4. The highest BCUT2D eigenvalue weighted by molar-refractivity contribution is 5.95. The van der Waals surface area contributed by atoms with Gasteiger partial charge in [0.2, 0.25) is 11.8 Å². The number of nitrogen functional groups attached to an aromatic ring is 1. The van der Waals surface area contributed by atoms with Crippen LogP contribution in [-0.2, 0) is 35.7 Å². The number of pyridine rings is 1. The first kappa shape index (κ1) is 58.9. The molecule has 0 bridgehead atoms. The monoisotopic (exact) mass is 1040 g/mol. The fraction of sp³-hybridized carbons (Fsp3) is 0.474. The van der Waals surface area contributed by atoms with Gasteiger partial charge in [-0.3, -0.25) is 19.4 Å². The minimum Gasteiger partial charge on any atom is -0.495 e. The van der Waals surface area contributed by atoms with E-state index in [9.17, 15) is 32.7 Å². The number of nitrogens with zero attached hydrogens (tertiary/aromatic N) is 4. The Bertz CT molecular complexity index is 2660. The number of aromatic nitrogens is 2. The molecule has 1 unspecified atom stereocenters. The number of halogens is 3. The molecule has 5 aromatic rings. The zero-order chi connectivity index (χ0) is 54.2. The van der Waals surface area contributed by atoms with Gasteiger partial charge >= 0.3 is 6.18 Å². The lowest BCUT2D eigenvalue weighted by molar-refractivity contribution is -0.140. The van der Waals surface area contributed by atoms with Gasteiger partial charge in [-0.25, -0.2) is 0 Å². The van der Waals surface area contributed by atoms with Crippen LogP contribution in [0, 0.1) is 11.8 Å². The van der Waals surface area contributed by atoms with Crippen molar-refractivity contribution in [3.8, 4) is 23.3 Å². The Labute approximate surface area is 440 Å². The van der Waals surface area contributed by atoms with E-state index in [4.69, 9.17) is 15.2 Å². The number of hydrogen-bond acceptors (Lipinski definition) is 11. The molecule has 7 N–H and O–H groups in total. The molecule has 0 radical (unpaired) electrons. The zero-order valence-corrected chi connectivity index (χ0v) is 44.2. The number of benzene rings is 3. The highest BCUT2D eigenvalue weighted by atomic mass is 19.4. The van der Waals surface area contributed by atoms with Crippen LogP contribution in [0.5, 0.6) is 11.5 Å². The van der Waals surface area contributed by atoms with Crippen molar-refractivity contribution in [2.24, 2.45) is 0 Å². The average Bonchev–Trinajstić information content (AvgIpc) is 3.74. The quantitative estimate of drug-likeness (QED) is 0.0264. The second-order valence-electron chi connectivity index (χ2n) is 18.9. The van der Waals surface area contributed by atoms with E-state index < -0.39 is 12.7 Å². The van der Waals surface area contributed by atoms with Crippen molar-refractivity contribution in [3.63, 3.8) is 0 Å².